The summed E-state index contributed by atoms with van der Waals surface area (Å²) in [6.07, 6.45) is 2.27. The van der Waals surface area contributed by atoms with Crippen LogP contribution in [0, 0.1) is 20.8 Å². The van der Waals surface area contributed by atoms with Crippen LogP contribution in [0.25, 0.3) is 0 Å². The lowest BCUT2D eigenvalue weighted by atomic mass is 10.1. The van der Waals surface area contributed by atoms with E-state index in [1.54, 1.807) is 7.05 Å². The van der Waals surface area contributed by atoms with Crippen molar-refractivity contribution >= 4 is 17.5 Å². The van der Waals surface area contributed by atoms with Gasteiger partial charge < -0.3 is 10.2 Å². The van der Waals surface area contributed by atoms with Crippen LogP contribution < -0.4 is 5.32 Å². The van der Waals surface area contributed by atoms with Crippen LogP contribution in [0.2, 0.25) is 0 Å². The van der Waals surface area contributed by atoms with Gasteiger partial charge in [0, 0.05) is 25.3 Å². The Bertz CT molecular complexity index is 852. The topological polar surface area (TPSA) is 52.7 Å². The minimum absolute atomic E-state index is 0.0272. The van der Waals surface area contributed by atoms with Crippen molar-refractivity contribution in [2.24, 2.45) is 0 Å². The molecule has 5 heteroatoms. The van der Waals surface area contributed by atoms with Gasteiger partial charge in [-0.1, -0.05) is 48.0 Å². The second-order valence-corrected chi connectivity index (χ2v) is 8.19. The summed E-state index contributed by atoms with van der Waals surface area (Å²) in [5, 5.41) is 2.95. The number of hydrogen-bond acceptors (Lipinski definition) is 3. The molecule has 2 amide bonds. The molecule has 1 aliphatic rings. The van der Waals surface area contributed by atoms with Gasteiger partial charge in [0.15, 0.2) is 0 Å². The lowest BCUT2D eigenvalue weighted by Gasteiger charge is -2.25. The summed E-state index contributed by atoms with van der Waals surface area (Å²) < 4.78 is 0. The number of aryl methyl sites for hydroxylation is 3. The maximum Gasteiger partial charge on any atom is 0.243 e. The molecule has 2 aromatic rings. The molecule has 0 atom stereocenters. The minimum Gasteiger partial charge on any atom is -0.335 e. The van der Waals surface area contributed by atoms with E-state index in [0.717, 1.165) is 36.2 Å². The summed E-state index contributed by atoms with van der Waals surface area (Å²) in [6.45, 7) is 7.16. The van der Waals surface area contributed by atoms with Crippen molar-refractivity contribution in [3.8, 4) is 0 Å². The van der Waals surface area contributed by atoms with Crippen LogP contribution in [0.15, 0.2) is 42.5 Å². The first-order valence-corrected chi connectivity index (χ1v) is 10.2. The molecule has 1 fully saturated rings. The van der Waals surface area contributed by atoms with Gasteiger partial charge in [0.25, 0.3) is 0 Å². The molecule has 0 bridgehead atoms. The summed E-state index contributed by atoms with van der Waals surface area (Å²) in [5.74, 6) is -0.199. The molecule has 29 heavy (non-hydrogen) atoms. The monoisotopic (exact) mass is 393 g/mol. The molecular formula is C24H31N3O2. The normalized spacial score (nSPS) is 13.4. The number of anilines is 1. The second-order valence-electron chi connectivity index (χ2n) is 8.19. The van der Waals surface area contributed by atoms with Crippen molar-refractivity contribution < 1.29 is 9.59 Å². The molecule has 0 radical (unpaired) electrons. The number of benzene rings is 2. The molecular weight excluding hydrogens is 362 g/mol. The smallest absolute Gasteiger partial charge is 0.243 e. The molecule has 0 aliphatic heterocycles. The number of hydrogen-bond donors (Lipinski definition) is 1. The first-order chi connectivity index (χ1) is 13.8. The standard InChI is InChI=1S/C24H31N3O2/c1-17-8-10-20(11-9-17)14-27(21-12-13-21)16-23(29)26(4)15-22(28)25-24-18(2)6-5-7-19(24)3/h5-11,21H,12-16H2,1-4H3,(H,25,28). The fourth-order valence-corrected chi connectivity index (χ4v) is 3.47. The Labute approximate surface area is 173 Å². The molecule has 0 heterocycles. The lowest BCUT2D eigenvalue weighted by Crippen LogP contribution is -2.42. The van der Waals surface area contributed by atoms with Crippen LogP contribution in [0.1, 0.15) is 35.1 Å². The van der Waals surface area contributed by atoms with Crippen molar-refractivity contribution in [3.05, 3.63) is 64.7 Å². The SMILES string of the molecule is Cc1ccc(CN(CC(=O)N(C)CC(=O)Nc2c(C)cccc2C)C2CC2)cc1. The fraction of sp³-hybridized carbons (Fsp3) is 0.417. The largest absolute Gasteiger partial charge is 0.335 e. The van der Waals surface area contributed by atoms with E-state index in [1.807, 2.05) is 32.0 Å². The highest BCUT2D eigenvalue weighted by Gasteiger charge is 2.31. The average molecular weight is 394 g/mol. The summed E-state index contributed by atoms with van der Waals surface area (Å²) >= 11 is 0. The van der Waals surface area contributed by atoms with Crippen LogP contribution in [0.4, 0.5) is 5.69 Å². The lowest BCUT2D eigenvalue weighted by molar-refractivity contribution is -0.134. The molecule has 0 saturated heterocycles. The van der Waals surface area contributed by atoms with Gasteiger partial charge in [-0.15, -0.1) is 0 Å². The van der Waals surface area contributed by atoms with Crippen LogP contribution in [-0.2, 0) is 16.1 Å². The highest BCUT2D eigenvalue weighted by atomic mass is 16.2. The number of rotatable bonds is 8. The van der Waals surface area contributed by atoms with Gasteiger partial charge in [0.2, 0.25) is 11.8 Å². The van der Waals surface area contributed by atoms with Crippen molar-refractivity contribution in [1.82, 2.24) is 9.80 Å². The fourth-order valence-electron chi connectivity index (χ4n) is 3.47. The summed E-state index contributed by atoms with van der Waals surface area (Å²) in [4.78, 5) is 29.0. The van der Waals surface area contributed by atoms with Gasteiger partial charge in [-0.05, 0) is 50.3 Å². The van der Waals surface area contributed by atoms with E-state index >= 15 is 0 Å². The van der Waals surface area contributed by atoms with Gasteiger partial charge in [-0.25, -0.2) is 0 Å². The first kappa shape index (κ1) is 21.1. The third-order valence-electron chi connectivity index (χ3n) is 5.46. The number of para-hydroxylation sites is 1. The number of nitrogens with zero attached hydrogens (tertiary/aromatic N) is 2. The van der Waals surface area contributed by atoms with E-state index < -0.39 is 0 Å². The average Bonchev–Trinajstić information content (AvgIpc) is 3.51. The Morgan fingerprint density at radius 2 is 1.59 bits per heavy atom. The van der Waals surface area contributed by atoms with Gasteiger partial charge >= 0.3 is 0 Å². The molecule has 0 aromatic heterocycles. The van der Waals surface area contributed by atoms with E-state index in [0.29, 0.717) is 12.6 Å². The Morgan fingerprint density at radius 3 is 2.17 bits per heavy atom. The minimum atomic E-state index is -0.172. The third-order valence-corrected chi connectivity index (χ3v) is 5.46. The predicted octanol–water partition coefficient (Wildman–Crippen LogP) is 3.67. The van der Waals surface area contributed by atoms with Crippen molar-refractivity contribution in [3.63, 3.8) is 0 Å². The highest BCUT2D eigenvalue weighted by molar-refractivity contribution is 5.95. The van der Waals surface area contributed by atoms with Crippen LogP contribution in [0.5, 0.6) is 0 Å². The van der Waals surface area contributed by atoms with Crippen LogP contribution in [-0.4, -0.2) is 47.8 Å². The Kier molecular flexibility index (Phi) is 6.70. The summed E-state index contributed by atoms with van der Waals surface area (Å²) in [6, 6.07) is 14.8. The molecule has 154 valence electrons. The molecule has 2 aromatic carbocycles. The Hall–Kier alpha value is -2.66. The van der Waals surface area contributed by atoms with Gasteiger partial charge in [-0.2, -0.15) is 0 Å². The maximum absolute atomic E-state index is 12.8. The molecule has 1 N–H and O–H groups in total. The number of nitrogens with one attached hydrogen (secondary N) is 1. The van der Waals surface area contributed by atoms with Crippen LogP contribution >= 0.6 is 0 Å². The summed E-state index contributed by atoms with van der Waals surface area (Å²) in [7, 11) is 1.70. The zero-order chi connectivity index (χ0) is 21.0. The Balaban J connectivity index is 1.55. The molecule has 3 rings (SSSR count). The van der Waals surface area contributed by atoms with Gasteiger partial charge in [0.05, 0.1) is 13.1 Å². The molecule has 5 nitrogen and oxygen atoms in total. The van der Waals surface area contributed by atoms with E-state index in [4.69, 9.17) is 0 Å². The molecule has 0 unspecified atom stereocenters. The number of likely N-dealkylation sites (N-methyl/N-ethyl adjacent to an activating group) is 1. The van der Waals surface area contributed by atoms with Gasteiger partial charge in [0.1, 0.15) is 0 Å². The summed E-state index contributed by atoms with van der Waals surface area (Å²) in [5.41, 5.74) is 5.32. The number of carbonyl (C=O) groups excluding carboxylic acids is 2. The van der Waals surface area contributed by atoms with Crippen LogP contribution in [0.3, 0.4) is 0 Å². The number of carbonyl (C=O) groups is 2. The van der Waals surface area contributed by atoms with Gasteiger partial charge in [-0.3, -0.25) is 14.5 Å². The predicted molar refractivity (Wildman–Crippen MR) is 117 cm³/mol. The zero-order valence-corrected chi connectivity index (χ0v) is 17.9. The van der Waals surface area contributed by atoms with Crippen molar-refractivity contribution in [1.29, 1.82) is 0 Å². The van der Waals surface area contributed by atoms with Crippen molar-refractivity contribution in [2.75, 3.05) is 25.5 Å². The second kappa shape index (κ2) is 9.23. The highest BCUT2D eigenvalue weighted by Crippen LogP contribution is 2.28. The molecule has 1 saturated carbocycles. The number of amides is 2. The zero-order valence-electron chi connectivity index (χ0n) is 17.9. The van der Waals surface area contributed by atoms with E-state index in [1.165, 1.54) is 16.0 Å². The maximum atomic E-state index is 12.8. The molecule has 1 aliphatic carbocycles. The van der Waals surface area contributed by atoms with Crippen molar-refractivity contribution in [2.45, 2.75) is 46.2 Å². The first-order valence-electron chi connectivity index (χ1n) is 10.2. The molecule has 0 spiro atoms. The van der Waals surface area contributed by atoms with E-state index in [9.17, 15) is 9.59 Å². The quantitative estimate of drug-likeness (QED) is 0.744. The van der Waals surface area contributed by atoms with E-state index in [2.05, 4.69) is 41.4 Å². The Morgan fingerprint density at radius 1 is 0.966 bits per heavy atom. The van der Waals surface area contributed by atoms with E-state index in [-0.39, 0.29) is 18.4 Å². The third kappa shape index (κ3) is 5.91.